The van der Waals surface area contributed by atoms with E-state index < -0.39 is 0 Å². The predicted molar refractivity (Wildman–Crippen MR) is 129 cm³/mol. The number of hydrogen-bond acceptors (Lipinski definition) is 6. The normalized spacial score (nSPS) is 17.8. The number of fused-ring (bicyclic) bond motifs is 1. The summed E-state index contributed by atoms with van der Waals surface area (Å²) in [5.41, 5.74) is 3.64. The first-order valence-electron chi connectivity index (χ1n) is 11.9. The molecule has 8 heteroatoms. The molecule has 0 spiro atoms. The summed E-state index contributed by atoms with van der Waals surface area (Å²) in [6.07, 6.45) is 3.09. The summed E-state index contributed by atoms with van der Waals surface area (Å²) in [5, 5.41) is 13.8. The van der Waals surface area contributed by atoms with Gasteiger partial charge < -0.3 is 9.72 Å². The van der Waals surface area contributed by atoms with Crippen molar-refractivity contribution in [3.63, 3.8) is 0 Å². The summed E-state index contributed by atoms with van der Waals surface area (Å²) >= 11 is 0. The highest BCUT2D eigenvalue weighted by Crippen LogP contribution is 2.29. The van der Waals surface area contributed by atoms with Crippen molar-refractivity contribution >= 4 is 10.9 Å². The number of rotatable bonds is 7. The lowest BCUT2D eigenvalue weighted by Crippen LogP contribution is -2.39. The van der Waals surface area contributed by atoms with Gasteiger partial charge in [-0.2, -0.15) is 0 Å². The average molecular weight is 453 g/mol. The van der Waals surface area contributed by atoms with Crippen molar-refractivity contribution in [2.24, 2.45) is 0 Å². The number of hydrogen-bond donors (Lipinski definition) is 1. The molecular weight excluding hydrogens is 416 g/mol. The Balaban J connectivity index is 1.74. The van der Waals surface area contributed by atoms with Gasteiger partial charge in [-0.1, -0.05) is 18.6 Å². The molecular formula is C25H36N6O2. The molecule has 1 aliphatic heterocycles. The summed E-state index contributed by atoms with van der Waals surface area (Å²) in [7, 11) is 0. The molecule has 1 saturated heterocycles. The van der Waals surface area contributed by atoms with Crippen LogP contribution < -0.4 is 5.56 Å². The fourth-order valence-electron chi connectivity index (χ4n) is 4.90. The van der Waals surface area contributed by atoms with Gasteiger partial charge in [-0.3, -0.25) is 9.69 Å². The quantitative estimate of drug-likeness (QED) is 0.582. The maximum Gasteiger partial charge on any atom is 0.252 e. The van der Waals surface area contributed by atoms with Crippen LogP contribution in [-0.2, 0) is 16.8 Å². The highest BCUT2D eigenvalue weighted by Gasteiger charge is 2.31. The molecule has 2 unspecified atom stereocenters. The van der Waals surface area contributed by atoms with Crippen molar-refractivity contribution in [3.8, 4) is 0 Å². The van der Waals surface area contributed by atoms with Gasteiger partial charge in [0.2, 0.25) is 0 Å². The van der Waals surface area contributed by atoms with Crippen molar-refractivity contribution in [1.82, 2.24) is 30.1 Å². The number of aromatic nitrogens is 5. The molecule has 2 atom stereocenters. The zero-order chi connectivity index (χ0) is 23.8. The fraction of sp³-hybridized carbons (Fsp3) is 0.600. The SMILES string of the molecule is CCC(c1nnnn1C(C)(C)C)N(Cc1cc2cc(C)cc(C)c2[nH]c1=O)CC1CCCO1. The second kappa shape index (κ2) is 9.35. The summed E-state index contributed by atoms with van der Waals surface area (Å²) in [6.45, 7) is 14.6. The number of benzene rings is 1. The lowest BCUT2D eigenvalue weighted by Gasteiger charge is -2.33. The van der Waals surface area contributed by atoms with Gasteiger partial charge in [-0.05, 0) is 87.4 Å². The fourth-order valence-corrected chi connectivity index (χ4v) is 4.90. The van der Waals surface area contributed by atoms with Gasteiger partial charge in [-0.25, -0.2) is 4.68 Å². The largest absolute Gasteiger partial charge is 0.377 e. The molecule has 0 saturated carbocycles. The first-order chi connectivity index (χ1) is 15.7. The van der Waals surface area contributed by atoms with Gasteiger partial charge in [0, 0.05) is 25.3 Å². The van der Waals surface area contributed by atoms with Crippen molar-refractivity contribution in [2.75, 3.05) is 13.2 Å². The third-order valence-electron chi connectivity index (χ3n) is 6.46. The molecule has 0 aliphatic carbocycles. The predicted octanol–water partition coefficient (Wildman–Crippen LogP) is 4.02. The Morgan fingerprint density at radius 2 is 2.06 bits per heavy atom. The Kier molecular flexibility index (Phi) is 6.68. The Bertz CT molecular complexity index is 1170. The van der Waals surface area contributed by atoms with Crippen LogP contribution in [-0.4, -0.2) is 49.3 Å². The van der Waals surface area contributed by atoms with Crippen molar-refractivity contribution in [3.05, 3.63) is 51.1 Å². The minimum Gasteiger partial charge on any atom is -0.377 e. The minimum absolute atomic E-state index is 0.0298. The van der Waals surface area contributed by atoms with E-state index in [1.807, 2.05) is 17.7 Å². The van der Waals surface area contributed by atoms with E-state index >= 15 is 0 Å². The molecule has 0 amide bonds. The number of ether oxygens (including phenoxy) is 1. The first-order valence-corrected chi connectivity index (χ1v) is 11.9. The minimum atomic E-state index is -0.239. The number of aromatic amines is 1. The van der Waals surface area contributed by atoms with E-state index in [0.29, 0.717) is 6.54 Å². The summed E-state index contributed by atoms with van der Waals surface area (Å²) < 4.78 is 7.88. The molecule has 33 heavy (non-hydrogen) atoms. The smallest absolute Gasteiger partial charge is 0.252 e. The van der Waals surface area contributed by atoms with Crippen LogP contribution in [0, 0.1) is 13.8 Å². The van der Waals surface area contributed by atoms with Gasteiger partial charge in [-0.15, -0.1) is 5.10 Å². The maximum absolute atomic E-state index is 13.1. The molecule has 3 aromatic rings. The molecule has 1 aromatic carbocycles. The van der Waals surface area contributed by atoms with Crippen LogP contribution in [0.2, 0.25) is 0 Å². The number of pyridine rings is 1. The van der Waals surface area contributed by atoms with Gasteiger partial charge in [0.25, 0.3) is 5.56 Å². The number of aryl methyl sites for hydroxylation is 2. The van der Waals surface area contributed by atoms with E-state index in [4.69, 9.17) is 4.74 Å². The van der Waals surface area contributed by atoms with Crippen LogP contribution in [0.4, 0.5) is 0 Å². The van der Waals surface area contributed by atoms with Crippen LogP contribution in [0.5, 0.6) is 0 Å². The Labute approximate surface area is 195 Å². The first kappa shape index (κ1) is 23.6. The highest BCUT2D eigenvalue weighted by molar-refractivity contribution is 5.82. The van der Waals surface area contributed by atoms with E-state index in [-0.39, 0.29) is 23.2 Å². The van der Waals surface area contributed by atoms with Crippen LogP contribution in [0.1, 0.15) is 75.5 Å². The number of tetrazole rings is 1. The molecule has 178 valence electrons. The van der Waals surface area contributed by atoms with Crippen molar-refractivity contribution in [1.29, 1.82) is 0 Å². The third kappa shape index (κ3) is 5.01. The van der Waals surface area contributed by atoms with Crippen LogP contribution in [0.25, 0.3) is 10.9 Å². The molecule has 1 N–H and O–H groups in total. The lowest BCUT2D eigenvalue weighted by atomic mass is 10.0. The molecule has 4 rings (SSSR count). The van der Waals surface area contributed by atoms with Gasteiger partial charge in [0.05, 0.1) is 23.2 Å². The molecule has 1 aliphatic rings. The van der Waals surface area contributed by atoms with E-state index in [9.17, 15) is 4.79 Å². The molecule has 2 aromatic heterocycles. The zero-order valence-electron chi connectivity index (χ0n) is 20.7. The maximum atomic E-state index is 13.1. The third-order valence-corrected chi connectivity index (χ3v) is 6.46. The van der Waals surface area contributed by atoms with E-state index in [1.54, 1.807) is 0 Å². The monoisotopic (exact) mass is 452 g/mol. The van der Waals surface area contributed by atoms with Crippen LogP contribution in [0.15, 0.2) is 23.0 Å². The number of nitrogens with one attached hydrogen (secondary N) is 1. The van der Waals surface area contributed by atoms with Gasteiger partial charge >= 0.3 is 0 Å². The standard InChI is InChI=1S/C25H36N6O2/c1-7-21(23-27-28-29-31(23)25(4,5)6)30(15-20-9-8-10-33-20)14-19-13-18-12-16(2)11-17(3)22(18)26-24(19)32/h11-13,20-21H,7-10,14-15H2,1-6H3,(H,26,32). The molecule has 0 radical (unpaired) electrons. The molecule has 1 fully saturated rings. The van der Waals surface area contributed by atoms with Crippen LogP contribution in [0.3, 0.4) is 0 Å². The molecule has 8 nitrogen and oxygen atoms in total. The van der Waals surface area contributed by atoms with Gasteiger partial charge in [0.15, 0.2) is 5.82 Å². The van der Waals surface area contributed by atoms with E-state index in [2.05, 4.69) is 72.2 Å². The summed E-state index contributed by atoms with van der Waals surface area (Å²) in [5.74, 6) is 0.826. The van der Waals surface area contributed by atoms with Gasteiger partial charge in [0.1, 0.15) is 0 Å². The average Bonchev–Trinajstić information content (AvgIpc) is 3.42. The van der Waals surface area contributed by atoms with E-state index in [1.165, 1.54) is 5.56 Å². The zero-order valence-corrected chi connectivity index (χ0v) is 20.7. The lowest BCUT2D eigenvalue weighted by molar-refractivity contribution is 0.0478. The Morgan fingerprint density at radius 3 is 2.73 bits per heavy atom. The molecule has 0 bridgehead atoms. The van der Waals surface area contributed by atoms with E-state index in [0.717, 1.165) is 60.3 Å². The number of nitrogens with zero attached hydrogens (tertiary/aromatic N) is 5. The highest BCUT2D eigenvalue weighted by atomic mass is 16.5. The van der Waals surface area contributed by atoms with Crippen molar-refractivity contribution < 1.29 is 4.74 Å². The Morgan fingerprint density at radius 1 is 1.27 bits per heavy atom. The second-order valence-corrected chi connectivity index (χ2v) is 10.3. The van der Waals surface area contributed by atoms with Crippen molar-refractivity contribution in [2.45, 2.75) is 85.0 Å². The summed E-state index contributed by atoms with van der Waals surface area (Å²) in [6, 6.07) is 6.23. The Hall–Kier alpha value is -2.58. The number of H-pyrrole nitrogens is 1. The molecule has 3 heterocycles. The van der Waals surface area contributed by atoms with Crippen LogP contribution >= 0.6 is 0 Å². The second-order valence-electron chi connectivity index (χ2n) is 10.3. The topological polar surface area (TPSA) is 88.9 Å². The summed E-state index contributed by atoms with van der Waals surface area (Å²) in [4.78, 5) is 18.6.